The van der Waals surface area contributed by atoms with Gasteiger partial charge in [0.15, 0.2) is 0 Å². The van der Waals surface area contributed by atoms with Gasteiger partial charge in [0.1, 0.15) is 5.75 Å². The summed E-state index contributed by atoms with van der Waals surface area (Å²) in [7, 11) is -0.948. The van der Waals surface area contributed by atoms with Crippen LogP contribution in [-0.2, 0) is 14.8 Å². The van der Waals surface area contributed by atoms with Gasteiger partial charge in [-0.05, 0) is 66.8 Å². The Morgan fingerprint density at radius 1 is 1.04 bits per heavy atom. The van der Waals surface area contributed by atoms with Crippen molar-refractivity contribution >= 4 is 16.0 Å². The van der Waals surface area contributed by atoms with E-state index in [1.807, 2.05) is 19.1 Å². The van der Waals surface area contributed by atoms with Crippen LogP contribution in [0.3, 0.4) is 0 Å². The summed E-state index contributed by atoms with van der Waals surface area (Å²) in [6.45, 7) is 7.83. The third-order valence-electron chi connectivity index (χ3n) is 4.60. The molecule has 0 spiro atoms. The van der Waals surface area contributed by atoms with Crippen molar-refractivity contribution in [1.29, 1.82) is 0 Å². The average Bonchev–Trinajstić information content (AvgIpc) is 2.66. The lowest BCUT2D eigenvalue weighted by atomic mass is 9.94. The number of nitrogens with one attached hydrogen (secondary N) is 1. The van der Waals surface area contributed by atoms with E-state index >= 15 is 0 Å². The van der Waals surface area contributed by atoms with Gasteiger partial charge in [0, 0.05) is 6.04 Å². The molecule has 0 fully saturated rings. The topological polar surface area (TPSA) is 81.7 Å². The van der Waals surface area contributed by atoms with Gasteiger partial charge in [0.25, 0.3) is 0 Å². The number of rotatable bonds is 7. The Kier molecular flexibility index (Phi) is 6.85. The van der Waals surface area contributed by atoms with Gasteiger partial charge < -0.3 is 9.47 Å². The minimum Gasteiger partial charge on any atom is -0.496 e. The third-order valence-corrected chi connectivity index (χ3v) is 6.14. The first-order valence-corrected chi connectivity index (χ1v) is 10.5. The minimum atomic E-state index is -3.83. The molecule has 0 heterocycles. The van der Waals surface area contributed by atoms with Crippen LogP contribution in [0, 0.1) is 6.92 Å². The fourth-order valence-electron chi connectivity index (χ4n) is 3.08. The van der Waals surface area contributed by atoms with E-state index in [-0.39, 0.29) is 16.4 Å². The van der Waals surface area contributed by atoms with Crippen molar-refractivity contribution in [2.24, 2.45) is 0 Å². The molecule has 1 atom stereocenters. The van der Waals surface area contributed by atoms with Crippen molar-refractivity contribution in [3.05, 3.63) is 58.7 Å². The van der Waals surface area contributed by atoms with Gasteiger partial charge in [0.05, 0.1) is 24.7 Å². The minimum absolute atomic E-state index is 0.0116. The Hall–Kier alpha value is -2.38. The molecule has 0 unspecified atom stereocenters. The van der Waals surface area contributed by atoms with E-state index in [4.69, 9.17) is 4.74 Å². The molecular weight excluding hydrogens is 378 g/mol. The summed E-state index contributed by atoms with van der Waals surface area (Å²) in [6, 6.07) is 9.22. The third kappa shape index (κ3) is 4.72. The summed E-state index contributed by atoms with van der Waals surface area (Å²) in [6.07, 6.45) is 0. The molecule has 0 radical (unpaired) electrons. The molecule has 0 saturated carbocycles. The molecular formula is C21H27NO5S. The predicted octanol–water partition coefficient (Wildman–Crippen LogP) is 3.95. The fourth-order valence-corrected chi connectivity index (χ4v) is 4.35. The largest absolute Gasteiger partial charge is 0.496 e. The summed E-state index contributed by atoms with van der Waals surface area (Å²) in [5.74, 6) is 0.435. The monoisotopic (exact) mass is 405 g/mol. The molecule has 0 aliphatic carbocycles. The highest BCUT2D eigenvalue weighted by Crippen LogP contribution is 2.32. The SMILES string of the molecule is COC(=O)c1cccc(S(=O)(=O)N[C@@H](C)c2cc(C(C)C)c(OC)cc2C)c1. The lowest BCUT2D eigenvalue weighted by molar-refractivity contribution is 0.0600. The van der Waals surface area contributed by atoms with Gasteiger partial charge in [-0.2, -0.15) is 0 Å². The average molecular weight is 406 g/mol. The summed E-state index contributed by atoms with van der Waals surface area (Å²) in [4.78, 5) is 11.7. The highest BCUT2D eigenvalue weighted by molar-refractivity contribution is 7.89. The summed E-state index contributed by atoms with van der Waals surface area (Å²) < 4.78 is 38.5. The molecule has 0 amide bonds. The number of esters is 1. The van der Waals surface area contributed by atoms with E-state index in [1.165, 1.54) is 31.4 Å². The van der Waals surface area contributed by atoms with Gasteiger partial charge in [-0.1, -0.05) is 19.9 Å². The zero-order valence-corrected chi connectivity index (χ0v) is 17.9. The second-order valence-corrected chi connectivity index (χ2v) is 8.68. The molecule has 28 heavy (non-hydrogen) atoms. The molecule has 2 rings (SSSR count). The van der Waals surface area contributed by atoms with Crippen molar-refractivity contribution in [2.75, 3.05) is 14.2 Å². The number of carbonyl (C=O) groups excluding carboxylic acids is 1. The highest BCUT2D eigenvalue weighted by Gasteiger charge is 2.22. The number of ether oxygens (including phenoxy) is 2. The van der Waals surface area contributed by atoms with Crippen molar-refractivity contribution in [1.82, 2.24) is 4.72 Å². The van der Waals surface area contributed by atoms with Crippen molar-refractivity contribution in [3.63, 3.8) is 0 Å². The lowest BCUT2D eigenvalue weighted by Gasteiger charge is -2.21. The first-order valence-electron chi connectivity index (χ1n) is 8.99. The number of hydrogen-bond donors (Lipinski definition) is 1. The molecule has 0 aliphatic rings. The molecule has 7 heteroatoms. The Morgan fingerprint density at radius 2 is 1.71 bits per heavy atom. The number of aryl methyl sites for hydroxylation is 1. The summed E-state index contributed by atoms with van der Waals surface area (Å²) in [5, 5.41) is 0. The van der Waals surface area contributed by atoms with Gasteiger partial charge in [-0.15, -0.1) is 0 Å². The molecule has 0 aromatic heterocycles. The van der Waals surface area contributed by atoms with Crippen LogP contribution in [0.15, 0.2) is 41.3 Å². The first-order chi connectivity index (χ1) is 13.1. The van der Waals surface area contributed by atoms with Crippen LogP contribution in [0.1, 0.15) is 59.8 Å². The molecule has 152 valence electrons. The van der Waals surface area contributed by atoms with Crippen LogP contribution in [0.5, 0.6) is 5.75 Å². The highest BCUT2D eigenvalue weighted by atomic mass is 32.2. The Balaban J connectivity index is 2.37. The van der Waals surface area contributed by atoms with E-state index in [0.29, 0.717) is 0 Å². The maximum atomic E-state index is 12.8. The second-order valence-electron chi connectivity index (χ2n) is 6.97. The first kappa shape index (κ1) is 21.9. The van der Waals surface area contributed by atoms with Crippen molar-refractivity contribution in [3.8, 4) is 5.75 Å². The van der Waals surface area contributed by atoms with Crippen molar-refractivity contribution in [2.45, 2.75) is 44.6 Å². The number of hydrogen-bond acceptors (Lipinski definition) is 5. The number of carbonyl (C=O) groups is 1. The number of methoxy groups -OCH3 is 2. The van der Waals surface area contributed by atoms with E-state index in [9.17, 15) is 13.2 Å². The molecule has 2 aromatic carbocycles. The molecule has 0 saturated heterocycles. The number of benzene rings is 2. The van der Waals surface area contributed by atoms with Crippen LogP contribution in [0.4, 0.5) is 0 Å². The van der Waals surface area contributed by atoms with Crippen molar-refractivity contribution < 1.29 is 22.7 Å². The van der Waals surface area contributed by atoms with Gasteiger partial charge in [-0.25, -0.2) is 17.9 Å². The maximum absolute atomic E-state index is 12.8. The molecule has 2 aromatic rings. The maximum Gasteiger partial charge on any atom is 0.337 e. The Labute approximate surface area is 166 Å². The Bertz CT molecular complexity index is 967. The smallest absolute Gasteiger partial charge is 0.337 e. The van der Waals surface area contributed by atoms with E-state index < -0.39 is 22.0 Å². The van der Waals surface area contributed by atoms with Crippen LogP contribution < -0.4 is 9.46 Å². The van der Waals surface area contributed by atoms with Gasteiger partial charge in [-0.3, -0.25) is 0 Å². The van der Waals surface area contributed by atoms with Crippen LogP contribution in [-0.4, -0.2) is 28.6 Å². The Morgan fingerprint density at radius 3 is 2.29 bits per heavy atom. The van der Waals surface area contributed by atoms with Crippen LogP contribution >= 0.6 is 0 Å². The standard InChI is InChI=1S/C21H27NO5S/c1-13(2)18-12-19(14(3)10-20(18)26-5)15(4)22-28(24,25)17-9-7-8-16(11-17)21(23)27-6/h7-13,15,22H,1-6H3/t15-/m0/s1. The summed E-state index contributed by atoms with van der Waals surface area (Å²) in [5.41, 5.74) is 3.00. The zero-order chi connectivity index (χ0) is 21.1. The van der Waals surface area contributed by atoms with Crippen LogP contribution in [0.25, 0.3) is 0 Å². The zero-order valence-electron chi connectivity index (χ0n) is 17.1. The van der Waals surface area contributed by atoms with Crippen LogP contribution in [0.2, 0.25) is 0 Å². The normalized spacial score (nSPS) is 12.7. The van der Waals surface area contributed by atoms with E-state index in [2.05, 4.69) is 23.3 Å². The van der Waals surface area contributed by atoms with E-state index in [0.717, 1.165) is 22.4 Å². The predicted molar refractivity (Wildman–Crippen MR) is 108 cm³/mol. The number of sulfonamides is 1. The summed E-state index contributed by atoms with van der Waals surface area (Å²) >= 11 is 0. The molecule has 6 nitrogen and oxygen atoms in total. The fraction of sp³-hybridized carbons (Fsp3) is 0.381. The van der Waals surface area contributed by atoms with Gasteiger partial charge >= 0.3 is 5.97 Å². The quantitative estimate of drug-likeness (QED) is 0.705. The molecule has 0 bridgehead atoms. The molecule has 1 N–H and O–H groups in total. The molecule has 0 aliphatic heterocycles. The lowest BCUT2D eigenvalue weighted by Crippen LogP contribution is -2.27. The van der Waals surface area contributed by atoms with E-state index in [1.54, 1.807) is 14.0 Å². The van der Waals surface area contributed by atoms with Gasteiger partial charge in [0.2, 0.25) is 10.0 Å². The second kappa shape index (κ2) is 8.75.